The number of unbranched alkanes of at least 4 members (excludes halogenated alkanes) is 1. The van der Waals surface area contributed by atoms with Crippen LogP contribution in [0.3, 0.4) is 0 Å². The summed E-state index contributed by atoms with van der Waals surface area (Å²) in [5, 5.41) is 5.62. The van der Waals surface area contributed by atoms with Crippen molar-refractivity contribution in [2.75, 3.05) is 22.4 Å². The predicted molar refractivity (Wildman–Crippen MR) is 130 cm³/mol. The first kappa shape index (κ1) is 25.4. The first-order valence-corrected chi connectivity index (χ1v) is 12.7. The van der Waals surface area contributed by atoms with Crippen LogP contribution in [0.5, 0.6) is 0 Å². The van der Waals surface area contributed by atoms with Crippen molar-refractivity contribution in [3.05, 3.63) is 59.2 Å². The Kier molecular flexibility index (Phi) is 8.83. The number of nitrogens with zero attached hydrogens (tertiary/aromatic N) is 1. The molecule has 7 nitrogen and oxygen atoms in total. The molecule has 0 spiro atoms. The number of amides is 2. The van der Waals surface area contributed by atoms with Crippen molar-refractivity contribution in [1.29, 1.82) is 0 Å². The van der Waals surface area contributed by atoms with Crippen LogP contribution in [0.4, 0.5) is 11.4 Å². The molecule has 0 saturated heterocycles. The highest BCUT2D eigenvalue weighted by Gasteiger charge is 2.32. The quantitative estimate of drug-likeness (QED) is 0.525. The summed E-state index contributed by atoms with van der Waals surface area (Å²) in [6.07, 6.45) is 3.16. The van der Waals surface area contributed by atoms with Crippen molar-refractivity contribution in [3.8, 4) is 0 Å². The van der Waals surface area contributed by atoms with Crippen LogP contribution in [0.1, 0.15) is 54.6 Å². The number of carbonyl (C=O) groups is 2. The van der Waals surface area contributed by atoms with Crippen LogP contribution in [0.15, 0.2) is 42.5 Å². The summed E-state index contributed by atoms with van der Waals surface area (Å²) in [6, 6.07) is 11.1. The maximum Gasteiger partial charge on any atom is 0.253 e. The number of benzene rings is 2. The SMILES string of the molecule is CCCCNC(=O)c1ccccc1NC(=O)[C@@H](CC)N(c1ccc(C)c(C)c1)S(C)(=O)=O. The molecule has 0 aliphatic carbocycles. The Labute approximate surface area is 191 Å². The Balaban J connectivity index is 2.36. The smallest absolute Gasteiger partial charge is 0.253 e. The van der Waals surface area contributed by atoms with Gasteiger partial charge in [0.15, 0.2) is 0 Å². The summed E-state index contributed by atoms with van der Waals surface area (Å²) in [5.74, 6) is -0.776. The monoisotopic (exact) mass is 459 g/mol. The molecule has 174 valence electrons. The topological polar surface area (TPSA) is 95.6 Å². The Morgan fingerprint density at radius 3 is 2.31 bits per heavy atom. The lowest BCUT2D eigenvalue weighted by molar-refractivity contribution is -0.117. The Bertz CT molecular complexity index is 1070. The lowest BCUT2D eigenvalue weighted by atomic mass is 10.1. The van der Waals surface area contributed by atoms with Gasteiger partial charge in [-0.25, -0.2) is 8.42 Å². The van der Waals surface area contributed by atoms with E-state index < -0.39 is 22.0 Å². The van der Waals surface area contributed by atoms with Gasteiger partial charge >= 0.3 is 0 Å². The molecule has 2 amide bonds. The van der Waals surface area contributed by atoms with E-state index in [4.69, 9.17) is 0 Å². The second-order valence-electron chi connectivity index (χ2n) is 7.90. The fraction of sp³-hybridized carbons (Fsp3) is 0.417. The summed E-state index contributed by atoms with van der Waals surface area (Å²) in [6.45, 7) is 8.18. The number of hydrogen-bond donors (Lipinski definition) is 2. The van der Waals surface area contributed by atoms with E-state index >= 15 is 0 Å². The molecule has 32 heavy (non-hydrogen) atoms. The third kappa shape index (κ3) is 6.32. The lowest BCUT2D eigenvalue weighted by Crippen LogP contribution is -2.47. The molecule has 2 aromatic rings. The van der Waals surface area contributed by atoms with Gasteiger partial charge in [0.1, 0.15) is 6.04 Å². The van der Waals surface area contributed by atoms with E-state index in [1.54, 1.807) is 43.3 Å². The van der Waals surface area contributed by atoms with Crippen molar-refractivity contribution in [1.82, 2.24) is 5.32 Å². The molecule has 2 N–H and O–H groups in total. The molecule has 0 aliphatic rings. The standard InChI is InChI=1S/C24H33N3O4S/c1-6-8-15-25-23(28)20-11-9-10-12-21(20)26-24(29)22(7-2)27(32(5,30)31)19-14-13-17(3)18(4)16-19/h9-14,16,22H,6-8,15H2,1-5H3,(H,25,28)(H,26,29)/t22-/m1/s1. The van der Waals surface area contributed by atoms with E-state index in [9.17, 15) is 18.0 Å². The average Bonchev–Trinajstić information content (AvgIpc) is 2.73. The van der Waals surface area contributed by atoms with E-state index in [1.807, 2.05) is 26.8 Å². The van der Waals surface area contributed by atoms with Crippen LogP contribution in [0, 0.1) is 13.8 Å². The van der Waals surface area contributed by atoms with Crippen LogP contribution in [0.2, 0.25) is 0 Å². The van der Waals surface area contributed by atoms with Gasteiger partial charge in [0.25, 0.3) is 5.91 Å². The maximum absolute atomic E-state index is 13.2. The minimum atomic E-state index is -3.74. The summed E-state index contributed by atoms with van der Waals surface area (Å²) in [7, 11) is -3.74. The van der Waals surface area contributed by atoms with Gasteiger partial charge in [-0.1, -0.05) is 38.5 Å². The van der Waals surface area contributed by atoms with Gasteiger partial charge in [-0.2, -0.15) is 0 Å². The fourth-order valence-corrected chi connectivity index (χ4v) is 4.61. The number of sulfonamides is 1. The van der Waals surface area contributed by atoms with E-state index in [1.165, 1.54) is 0 Å². The molecule has 0 saturated carbocycles. The molecule has 0 heterocycles. The zero-order chi connectivity index (χ0) is 23.9. The predicted octanol–water partition coefficient (Wildman–Crippen LogP) is 4.02. The van der Waals surface area contributed by atoms with Crippen molar-refractivity contribution in [2.24, 2.45) is 0 Å². The minimum absolute atomic E-state index is 0.261. The lowest BCUT2D eigenvalue weighted by Gasteiger charge is -2.30. The van der Waals surface area contributed by atoms with Crippen LogP contribution in [-0.2, 0) is 14.8 Å². The van der Waals surface area contributed by atoms with Gasteiger partial charge in [0.2, 0.25) is 15.9 Å². The summed E-state index contributed by atoms with van der Waals surface area (Å²) < 4.78 is 26.5. The van der Waals surface area contributed by atoms with E-state index in [0.29, 0.717) is 23.5 Å². The molecular weight excluding hydrogens is 426 g/mol. The molecule has 0 aliphatic heterocycles. The Morgan fingerprint density at radius 1 is 1.03 bits per heavy atom. The number of para-hydroxylation sites is 1. The zero-order valence-electron chi connectivity index (χ0n) is 19.4. The van der Waals surface area contributed by atoms with Gasteiger partial charge < -0.3 is 10.6 Å². The third-order valence-electron chi connectivity index (χ3n) is 5.32. The number of aryl methyl sites for hydroxylation is 2. The van der Waals surface area contributed by atoms with Gasteiger partial charge in [-0.15, -0.1) is 0 Å². The van der Waals surface area contributed by atoms with Gasteiger partial charge in [0.05, 0.1) is 23.2 Å². The molecule has 1 atom stereocenters. The number of hydrogen-bond acceptors (Lipinski definition) is 4. The third-order valence-corrected chi connectivity index (χ3v) is 6.50. The second-order valence-corrected chi connectivity index (χ2v) is 9.76. The van der Waals surface area contributed by atoms with Gasteiger partial charge in [-0.3, -0.25) is 13.9 Å². The highest BCUT2D eigenvalue weighted by molar-refractivity contribution is 7.92. The van der Waals surface area contributed by atoms with E-state index in [0.717, 1.165) is 34.5 Å². The first-order chi connectivity index (χ1) is 15.1. The van der Waals surface area contributed by atoms with Crippen LogP contribution >= 0.6 is 0 Å². The van der Waals surface area contributed by atoms with Crippen LogP contribution in [-0.4, -0.2) is 39.1 Å². The highest BCUT2D eigenvalue weighted by atomic mass is 32.2. The first-order valence-electron chi connectivity index (χ1n) is 10.8. The van der Waals surface area contributed by atoms with Crippen molar-refractivity contribution >= 4 is 33.2 Å². The molecule has 8 heteroatoms. The average molecular weight is 460 g/mol. The molecule has 0 fully saturated rings. The minimum Gasteiger partial charge on any atom is -0.352 e. The van der Waals surface area contributed by atoms with E-state index in [2.05, 4.69) is 10.6 Å². The molecule has 0 bridgehead atoms. The van der Waals surface area contributed by atoms with Crippen LogP contribution in [0.25, 0.3) is 0 Å². The van der Waals surface area contributed by atoms with Crippen LogP contribution < -0.4 is 14.9 Å². The van der Waals surface area contributed by atoms with Crippen molar-refractivity contribution in [3.63, 3.8) is 0 Å². The number of anilines is 2. The summed E-state index contributed by atoms with van der Waals surface area (Å²) in [4.78, 5) is 25.8. The van der Waals surface area contributed by atoms with Crippen molar-refractivity contribution in [2.45, 2.75) is 53.0 Å². The maximum atomic E-state index is 13.2. The Morgan fingerprint density at radius 2 is 1.72 bits per heavy atom. The molecule has 0 radical (unpaired) electrons. The number of carbonyl (C=O) groups excluding carboxylic acids is 2. The van der Waals surface area contributed by atoms with Gasteiger partial charge in [-0.05, 0) is 62.1 Å². The number of nitrogens with one attached hydrogen (secondary N) is 2. The van der Waals surface area contributed by atoms with E-state index in [-0.39, 0.29) is 12.3 Å². The Hall–Kier alpha value is -2.87. The summed E-state index contributed by atoms with van der Waals surface area (Å²) in [5.41, 5.74) is 3.08. The largest absolute Gasteiger partial charge is 0.352 e. The number of rotatable bonds is 10. The molecule has 0 aromatic heterocycles. The highest BCUT2D eigenvalue weighted by Crippen LogP contribution is 2.26. The zero-order valence-corrected chi connectivity index (χ0v) is 20.3. The van der Waals surface area contributed by atoms with Crippen molar-refractivity contribution < 1.29 is 18.0 Å². The molecular formula is C24H33N3O4S. The molecule has 0 unspecified atom stereocenters. The summed E-state index contributed by atoms with van der Waals surface area (Å²) >= 11 is 0. The molecule has 2 aromatic carbocycles. The van der Waals surface area contributed by atoms with Gasteiger partial charge in [0, 0.05) is 6.54 Å². The second kappa shape index (κ2) is 11.1. The normalized spacial score (nSPS) is 12.2. The molecule has 2 rings (SSSR count). The fourth-order valence-electron chi connectivity index (χ4n) is 3.40.